The quantitative estimate of drug-likeness (QED) is 0.157. The Kier molecular flexibility index (Phi) is 5.46. The zero-order valence-electron chi connectivity index (χ0n) is 31.8. The van der Waals surface area contributed by atoms with Crippen LogP contribution < -0.4 is 16.4 Å². The molecule has 0 bridgehead atoms. The lowest BCUT2D eigenvalue weighted by atomic mass is 9.34. The van der Waals surface area contributed by atoms with Gasteiger partial charge in [-0.1, -0.05) is 121 Å². The summed E-state index contributed by atoms with van der Waals surface area (Å²) in [5.74, 6) is 0. The highest BCUT2D eigenvalue weighted by molar-refractivity contribution is 7.00. The number of hydrogen-bond donors (Lipinski definition) is 0. The number of benzene rings is 9. The summed E-state index contributed by atoms with van der Waals surface area (Å²) in [4.78, 5) is 0. The van der Waals surface area contributed by atoms with Crippen LogP contribution in [0.5, 0.6) is 0 Å². The number of nitrogens with zero attached hydrogens (tertiary/aromatic N) is 4. The van der Waals surface area contributed by atoms with Gasteiger partial charge in [-0.25, -0.2) is 0 Å². The topological polar surface area (TPSA) is 19.7 Å². The van der Waals surface area contributed by atoms with E-state index >= 15 is 0 Å². The van der Waals surface area contributed by atoms with E-state index in [1.165, 1.54) is 126 Å². The molecule has 4 nitrogen and oxygen atoms in total. The SMILES string of the molecule is c1ccc(-n2c3ccccc3c3cc4c(cc32)c2cccc3c2n4-c2cccc4c2B3c2cccc3c5c(ccc6c7ccccc7n(-c7ccccc7)c65)n-4c23)cc1. The molecule has 15 rings (SSSR count). The summed E-state index contributed by atoms with van der Waals surface area (Å²) in [7, 11) is 0. The maximum Gasteiger partial charge on any atom is 0.252 e. The second-order valence-corrected chi connectivity index (χ2v) is 16.4. The van der Waals surface area contributed by atoms with Crippen LogP contribution in [0.1, 0.15) is 0 Å². The Labute approximate surface area is 338 Å². The van der Waals surface area contributed by atoms with E-state index in [0.29, 0.717) is 0 Å². The Morgan fingerprint density at radius 3 is 1.49 bits per heavy atom. The third-order valence-electron chi connectivity index (χ3n) is 13.7. The molecule has 2 aliphatic rings. The molecular formula is C54H31BN4. The molecule has 0 N–H and O–H groups in total. The Bertz CT molecular complexity index is 4010. The van der Waals surface area contributed by atoms with Crippen LogP contribution in [0, 0.1) is 0 Å². The summed E-state index contributed by atoms with van der Waals surface area (Å²) < 4.78 is 10.1. The van der Waals surface area contributed by atoms with Crippen LogP contribution in [0.4, 0.5) is 0 Å². The standard InChI is InChI=1S/C54H31BN4/c1-3-14-32(15-4-1)56-43-24-9-8-19-35(43)39-30-49-40(31-48(39)56)36-20-11-22-41-52(36)59(49)47-27-13-26-46-51(47)55(41)42-23-12-21-38-50-45(58(46)53(38)42)29-28-37-34-18-7-10-25-44(34)57(54(37)50)33-16-5-2-6-17-33/h1-31H. The van der Waals surface area contributed by atoms with Gasteiger partial charge in [-0.3, -0.25) is 0 Å². The molecular weight excluding hydrogens is 715 g/mol. The van der Waals surface area contributed by atoms with E-state index < -0.39 is 0 Å². The van der Waals surface area contributed by atoms with E-state index in [-0.39, 0.29) is 6.71 Å². The van der Waals surface area contributed by atoms with Crippen molar-refractivity contribution >= 4 is 110 Å². The lowest BCUT2D eigenvalue weighted by Crippen LogP contribution is -2.59. The van der Waals surface area contributed by atoms with Crippen LogP contribution in [0.2, 0.25) is 0 Å². The predicted molar refractivity (Wildman–Crippen MR) is 248 cm³/mol. The smallest absolute Gasteiger partial charge is 0.252 e. The van der Waals surface area contributed by atoms with Gasteiger partial charge < -0.3 is 18.3 Å². The summed E-state index contributed by atoms with van der Waals surface area (Å²) in [6.07, 6.45) is 0. The number of aromatic nitrogens is 4. The average molecular weight is 747 g/mol. The first-order chi connectivity index (χ1) is 29.3. The molecule has 6 heterocycles. The fourth-order valence-electron chi connectivity index (χ4n) is 11.6. The summed E-state index contributed by atoms with van der Waals surface area (Å²) in [6, 6.07) is 70.2. The van der Waals surface area contributed by atoms with Crippen LogP contribution in [0.25, 0.3) is 110 Å². The van der Waals surface area contributed by atoms with Gasteiger partial charge in [-0.05, 0) is 83.1 Å². The first kappa shape index (κ1) is 30.4. The largest absolute Gasteiger partial charge is 0.310 e. The Hall–Kier alpha value is -7.76. The molecule has 5 heteroatoms. The van der Waals surface area contributed by atoms with Gasteiger partial charge in [0.15, 0.2) is 0 Å². The van der Waals surface area contributed by atoms with E-state index in [0.717, 1.165) is 0 Å². The highest BCUT2D eigenvalue weighted by Gasteiger charge is 2.41. The van der Waals surface area contributed by atoms with Crippen molar-refractivity contribution in [2.75, 3.05) is 0 Å². The molecule has 0 amide bonds. The molecule has 0 saturated carbocycles. The Balaban J connectivity index is 1.09. The summed E-state index contributed by atoms with van der Waals surface area (Å²) >= 11 is 0. The van der Waals surface area contributed by atoms with Gasteiger partial charge in [0.25, 0.3) is 6.71 Å². The highest BCUT2D eigenvalue weighted by Crippen LogP contribution is 2.45. The molecule has 13 aromatic rings. The minimum atomic E-state index is 0.0890. The zero-order chi connectivity index (χ0) is 38.1. The lowest BCUT2D eigenvalue weighted by Gasteiger charge is -2.33. The predicted octanol–water partition coefficient (Wildman–Crippen LogP) is 11.2. The first-order valence-corrected chi connectivity index (χ1v) is 20.6. The normalized spacial score (nSPS) is 13.1. The lowest BCUT2D eigenvalue weighted by molar-refractivity contribution is 1.14. The van der Waals surface area contributed by atoms with Gasteiger partial charge in [-0.2, -0.15) is 0 Å². The molecule has 4 aromatic heterocycles. The number of rotatable bonds is 2. The monoisotopic (exact) mass is 746 g/mol. The van der Waals surface area contributed by atoms with E-state index in [2.05, 4.69) is 206 Å². The van der Waals surface area contributed by atoms with Crippen molar-refractivity contribution in [2.24, 2.45) is 0 Å². The number of para-hydroxylation sites is 6. The van der Waals surface area contributed by atoms with Crippen LogP contribution in [0.15, 0.2) is 188 Å². The van der Waals surface area contributed by atoms with Crippen molar-refractivity contribution in [3.63, 3.8) is 0 Å². The van der Waals surface area contributed by atoms with Gasteiger partial charge in [0.1, 0.15) is 0 Å². The molecule has 0 atom stereocenters. The molecule has 2 aliphatic heterocycles. The fraction of sp³-hybridized carbons (Fsp3) is 0. The van der Waals surface area contributed by atoms with Crippen LogP contribution >= 0.6 is 0 Å². The third-order valence-corrected chi connectivity index (χ3v) is 13.7. The van der Waals surface area contributed by atoms with Gasteiger partial charge in [0.2, 0.25) is 0 Å². The van der Waals surface area contributed by atoms with Gasteiger partial charge in [0.05, 0.1) is 33.1 Å². The van der Waals surface area contributed by atoms with Crippen molar-refractivity contribution in [2.45, 2.75) is 0 Å². The Morgan fingerprint density at radius 1 is 0.288 bits per heavy atom. The molecule has 9 aromatic carbocycles. The minimum Gasteiger partial charge on any atom is -0.310 e. The number of fused-ring (bicyclic) bond motifs is 17. The molecule has 0 aliphatic carbocycles. The van der Waals surface area contributed by atoms with Crippen LogP contribution in [0.3, 0.4) is 0 Å². The Morgan fingerprint density at radius 2 is 0.780 bits per heavy atom. The second kappa shape index (κ2) is 10.6. The highest BCUT2D eigenvalue weighted by atomic mass is 15.1. The van der Waals surface area contributed by atoms with Gasteiger partial charge >= 0.3 is 0 Å². The van der Waals surface area contributed by atoms with Crippen LogP contribution in [-0.2, 0) is 0 Å². The minimum absolute atomic E-state index is 0.0890. The maximum absolute atomic E-state index is 2.59. The van der Waals surface area contributed by atoms with Crippen molar-refractivity contribution in [3.8, 4) is 22.7 Å². The summed E-state index contributed by atoms with van der Waals surface area (Å²) in [5, 5.41) is 10.3. The molecule has 0 unspecified atom stereocenters. The maximum atomic E-state index is 2.59. The fourth-order valence-corrected chi connectivity index (χ4v) is 11.6. The van der Waals surface area contributed by atoms with Crippen molar-refractivity contribution < 1.29 is 0 Å². The molecule has 0 fully saturated rings. The van der Waals surface area contributed by atoms with Crippen molar-refractivity contribution in [3.05, 3.63) is 188 Å². The summed E-state index contributed by atoms with van der Waals surface area (Å²) in [6.45, 7) is 0.0890. The van der Waals surface area contributed by atoms with Gasteiger partial charge in [-0.15, -0.1) is 0 Å². The molecule has 0 saturated heterocycles. The van der Waals surface area contributed by atoms with E-state index in [9.17, 15) is 0 Å². The van der Waals surface area contributed by atoms with Crippen molar-refractivity contribution in [1.29, 1.82) is 0 Å². The van der Waals surface area contributed by atoms with E-state index in [1.54, 1.807) is 0 Å². The zero-order valence-corrected chi connectivity index (χ0v) is 31.8. The summed E-state index contributed by atoms with van der Waals surface area (Å²) in [5.41, 5.74) is 19.0. The first-order valence-electron chi connectivity index (χ1n) is 20.6. The average Bonchev–Trinajstić information content (AvgIpc) is 4.02. The molecule has 270 valence electrons. The number of hydrogen-bond acceptors (Lipinski definition) is 0. The molecule has 0 radical (unpaired) electrons. The van der Waals surface area contributed by atoms with E-state index in [1.807, 2.05) is 0 Å². The van der Waals surface area contributed by atoms with Crippen molar-refractivity contribution in [1.82, 2.24) is 18.3 Å². The van der Waals surface area contributed by atoms with Crippen LogP contribution in [-0.4, -0.2) is 25.0 Å². The van der Waals surface area contributed by atoms with E-state index in [4.69, 9.17) is 0 Å². The van der Waals surface area contributed by atoms with Gasteiger partial charge in [0, 0.05) is 76.9 Å². The third kappa shape index (κ3) is 3.56. The molecule has 0 spiro atoms. The second-order valence-electron chi connectivity index (χ2n) is 16.4. The molecule has 59 heavy (non-hydrogen) atoms.